The highest BCUT2D eigenvalue weighted by molar-refractivity contribution is 6.01. The van der Waals surface area contributed by atoms with Crippen molar-refractivity contribution in [2.75, 3.05) is 37.0 Å². The van der Waals surface area contributed by atoms with Gasteiger partial charge >= 0.3 is 0 Å². The molecule has 2 fully saturated rings. The number of carbonyl (C=O) groups is 3. The minimum Gasteiger partial charge on any atom is -0.495 e. The van der Waals surface area contributed by atoms with E-state index in [1.165, 1.54) is 0 Å². The summed E-state index contributed by atoms with van der Waals surface area (Å²) in [6.45, 7) is 1.33. The quantitative estimate of drug-likeness (QED) is 0.805. The van der Waals surface area contributed by atoms with Crippen LogP contribution < -0.4 is 15.0 Å². The first-order valence-electron chi connectivity index (χ1n) is 10.6. The molecule has 0 bridgehead atoms. The SMILES string of the molecule is COc1ccccc1N1CC(C(=O)N2CCCC(C(=O)Nc3ccccc3)C2)CC1=O. The van der Waals surface area contributed by atoms with Crippen molar-refractivity contribution in [1.29, 1.82) is 0 Å². The van der Waals surface area contributed by atoms with Crippen LogP contribution in [0.5, 0.6) is 5.75 Å². The van der Waals surface area contributed by atoms with Crippen LogP contribution in [0.2, 0.25) is 0 Å². The summed E-state index contributed by atoms with van der Waals surface area (Å²) in [5, 5.41) is 2.94. The van der Waals surface area contributed by atoms with Gasteiger partial charge in [-0.1, -0.05) is 30.3 Å². The molecule has 1 N–H and O–H groups in total. The van der Waals surface area contributed by atoms with Gasteiger partial charge in [-0.2, -0.15) is 0 Å². The van der Waals surface area contributed by atoms with E-state index in [0.29, 0.717) is 31.1 Å². The Hall–Kier alpha value is -3.35. The Morgan fingerprint density at radius 3 is 2.52 bits per heavy atom. The number of para-hydroxylation sites is 3. The fraction of sp³-hybridized carbons (Fsp3) is 0.375. The molecule has 31 heavy (non-hydrogen) atoms. The van der Waals surface area contributed by atoms with Crippen LogP contribution in [0.4, 0.5) is 11.4 Å². The van der Waals surface area contributed by atoms with Gasteiger partial charge in [-0.05, 0) is 37.1 Å². The molecule has 7 nitrogen and oxygen atoms in total. The molecule has 2 aliphatic heterocycles. The first kappa shape index (κ1) is 20.9. The normalized spacial score (nSPS) is 21.1. The van der Waals surface area contributed by atoms with E-state index in [1.54, 1.807) is 23.0 Å². The van der Waals surface area contributed by atoms with Gasteiger partial charge in [0.05, 0.1) is 24.6 Å². The molecule has 2 atom stereocenters. The van der Waals surface area contributed by atoms with Crippen LogP contribution >= 0.6 is 0 Å². The number of hydrogen-bond donors (Lipinski definition) is 1. The maximum atomic E-state index is 13.2. The number of ether oxygens (including phenoxy) is 1. The minimum absolute atomic E-state index is 0.0528. The third-order valence-electron chi connectivity index (χ3n) is 6.00. The zero-order valence-electron chi connectivity index (χ0n) is 17.6. The van der Waals surface area contributed by atoms with Gasteiger partial charge in [0, 0.05) is 31.7 Å². The van der Waals surface area contributed by atoms with Crippen molar-refractivity contribution in [2.45, 2.75) is 19.3 Å². The van der Waals surface area contributed by atoms with Gasteiger partial charge < -0.3 is 19.9 Å². The van der Waals surface area contributed by atoms with E-state index in [0.717, 1.165) is 18.5 Å². The number of nitrogens with zero attached hydrogens (tertiary/aromatic N) is 2. The van der Waals surface area contributed by atoms with Crippen molar-refractivity contribution >= 4 is 29.1 Å². The first-order valence-corrected chi connectivity index (χ1v) is 10.6. The van der Waals surface area contributed by atoms with Crippen LogP contribution in [0.1, 0.15) is 19.3 Å². The van der Waals surface area contributed by atoms with Crippen LogP contribution in [0.25, 0.3) is 0 Å². The highest BCUT2D eigenvalue weighted by Crippen LogP contribution is 2.33. The topological polar surface area (TPSA) is 79.0 Å². The Bertz CT molecular complexity index is 962. The van der Waals surface area contributed by atoms with E-state index < -0.39 is 5.92 Å². The van der Waals surface area contributed by atoms with Crippen molar-refractivity contribution in [3.8, 4) is 5.75 Å². The minimum atomic E-state index is -0.409. The second-order valence-corrected chi connectivity index (χ2v) is 8.06. The van der Waals surface area contributed by atoms with Crippen molar-refractivity contribution < 1.29 is 19.1 Å². The Morgan fingerprint density at radius 1 is 1.00 bits per heavy atom. The molecule has 2 aromatic rings. The molecule has 3 amide bonds. The average Bonchev–Trinajstić information content (AvgIpc) is 3.20. The lowest BCUT2D eigenvalue weighted by atomic mass is 9.95. The summed E-state index contributed by atoms with van der Waals surface area (Å²) in [6, 6.07) is 16.7. The smallest absolute Gasteiger partial charge is 0.229 e. The standard InChI is InChI=1S/C24H27N3O4/c1-31-21-12-6-5-11-20(21)27-16-18(14-22(27)28)24(30)26-13-7-8-17(15-26)23(29)25-19-9-3-2-4-10-19/h2-6,9-12,17-18H,7-8,13-16H2,1H3,(H,25,29). The second kappa shape index (κ2) is 9.20. The highest BCUT2D eigenvalue weighted by Gasteiger charge is 2.39. The fourth-order valence-corrected chi connectivity index (χ4v) is 4.37. The van der Waals surface area contributed by atoms with E-state index in [9.17, 15) is 14.4 Å². The molecule has 0 aromatic heterocycles. The van der Waals surface area contributed by atoms with Crippen molar-refractivity contribution in [1.82, 2.24) is 4.90 Å². The third kappa shape index (κ3) is 4.55. The van der Waals surface area contributed by atoms with E-state index in [4.69, 9.17) is 4.74 Å². The average molecular weight is 421 g/mol. The molecule has 0 aliphatic carbocycles. The predicted octanol–water partition coefficient (Wildman–Crippen LogP) is 2.93. The number of likely N-dealkylation sites (tertiary alicyclic amines) is 1. The van der Waals surface area contributed by atoms with Crippen molar-refractivity contribution in [2.24, 2.45) is 11.8 Å². The summed E-state index contributed by atoms with van der Waals surface area (Å²) in [4.78, 5) is 41.9. The lowest BCUT2D eigenvalue weighted by Gasteiger charge is -2.33. The number of hydrogen-bond acceptors (Lipinski definition) is 4. The summed E-state index contributed by atoms with van der Waals surface area (Å²) in [7, 11) is 1.57. The molecule has 2 saturated heterocycles. The molecule has 7 heteroatoms. The summed E-state index contributed by atoms with van der Waals surface area (Å²) in [5.74, 6) is -0.253. The molecule has 2 aliphatic rings. The summed E-state index contributed by atoms with van der Waals surface area (Å²) in [6.07, 6.45) is 1.70. The molecule has 2 aromatic carbocycles. The Labute approximate surface area is 182 Å². The number of methoxy groups -OCH3 is 1. The summed E-state index contributed by atoms with van der Waals surface area (Å²) < 4.78 is 5.37. The lowest BCUT2D eigenvalue weighted by Crippen LogP contribution is -2.46. The number of benzene rings is 2. The van der Waals surface area contributed by atoms with Gasteiger partial charge in [0.15, 0.2) is 0 Å². The number of rotatable bonds is 5. The largest absolute Gasteiger partial charge is 0.495 e. The van der Waals surface area contributed by atoms with Crippen LogP contribution in [0.3, 0.4) is 0 Å². The second-order valence-electron chi connectivity index (χ2n) is 8.06. The Kier molecular flexibility index (Phi) is 6.21. The number of amides is 3. The van der Waals surface area contributed by atoms with Gasteiger partial charge in [-0.15, -0.1) is 0 Å². The monoisotopic (exact) mass is 421 g/mol. The number of carbonyl (C=O) groups excluding carboxylic acids is 3. The first-order chi connectivity index (χ1) is 15.1. The van der Waals surface area contributed by atoms with E-state index in [1.807, 2.05) is 48.5 Å². The molecule has 0 spiro atoms. The van der Waals surface area contributed by atoms with Gasteiger partial charge in [-0.3, -0.25) is 14.4 Å². The van der Waals surface area contributed by atoms with Gasteiger partial charge in [0.1, 0.15) is 5.75 Å². The fourth-order valence-electron chi connectivity index (χ4n) is 4.37. The molecular weight excluding hydrogens is 394 g/mol. The maximum absolute atomic E-state index is 13.2. The lowest BCUT2D eigenvalue weighted by molar-refractivity contribution is -0.138. The molecular formula is C24H27N3O4. The van der Waals surface area contributed by atoms with Crippen molar-refractivity contribution in [3.63, 3.8) is 0 Å². The Morgan fingerprint density at radius 2 is 1.74 bits per heavy atom. The molecule has 162 valence electrons. The summed E-state index contributed by atoms with van der Waals surface area (Å²) >= 11 is 0. The van der Waals surface area contributed by atoms with Crippen LogP contribution in [-0.2, 0) is 14.4 Å². The molecule has 0 radical (unpaired) electrons. The third-order valence-corrected chi connectivity index (χ3v) is 6.00. The molecule has 0 saturated carbocycles. The van der Waals surface area contributed by atoms with E-state index in [-0.39, 0.29) is 30.1 Å². The van der Waals surface area contributed by atoms with Crippen LogP contribution in [0, 0.1) is 11.8 Å². The predicted molar refractivity (Wildman–Crippen MR) is 118 cm³/mol. The molecule has 2 heterocycles. The Balaban J connectivity index is 1.40. The van der Waals surface area contributed by atoms with Gasteiger partial charge in [0.2, 0.25) is 17.7 Å². The maximum Gasteiger partial charge on any atom is 0.229 e. The zero-order chi connectivity index (χ0) is 21.8. The highest BCUT2D eigenvalue weighted by atomic mass is 16.5. The number of anilines is 2. The zero-order valence-corrected chi connectivity index (χ0v) is 17.6. The van der Waals surface area contributed by atoms with E-state index in [2.05, 4.69) is 5.32 Å². The van der Waals surface area contributed by atoms with Crippen molar-refractivity contribution in [3.05, 3.63) is 54.6 Å². The summed E-state index contributed by atoms with van der Waals surface area (Å²) in [5.41, 5.74) is 1.44. The molecule has 2 unspecified atom stereocenters. The number of nitrogens with one attached hydrogen (secondary N) is 1. The van der Waals surface area contributed by atoms with E-state index >= 15 is 0 Å². The van der Waals surface area contributed by atoms with Crippen LogP contribution in [-0.4, -0.2) is 49.4 Å². The number of piperidine rings is 1. The van der Waals surface area contributed by atoms with Crippen LogP contribution in [0.15, 0.2) is 54.6 Å². The van der Waals surface area contributed by atoms with Gasteiger partial charge in [0.25, 0.3) is 0 Å². The van der Waals surface area contributed by atoms with Gasteiger partial charge in [-0.25, -0.2) is 0 Å². The molecule has 4 rings (SSSR count).